The molecule has 0 unspecified atom stereocenters. The zero-order valence-corrected chi connectivity index (χ0v) is 12.4. The molecular formula is C17H25N3. The number of hydrogen-bond acceptors (Lipinski definition) is 2. The van der Waals surface area contributed by atoms with Crippen molar-refractivity contribution in [1.29, 1.82) is 0 Å². The normalized spacial score (nSPS) is 15.1. The third-order valence-electron chi connectivity index (χ3n) is 4.03. The molecule has 3 heteroatoms. The fourth-order valence-corrected chi connectivity index (χ4v) is 2.78. The van der Waals surface area contributed by atoms with Gasteiger partial charge in [-0.3, -0.25) is 0 Å². The molecule has 108 valence electrons. The summed E-state index contributed by atoms with van der Waals surface area (Å²) in [5, 5.41) is 3.59. The lowest BCUT2D eigenvalue weighted by atomic mass is 10.2. The second-order valence-electron chi connectivity index (χ2n) is 5.85. The predicted molar refractivity (Wildman–Crippen MR) is 84.0 cm³/mol. The first-order chi connectivity index (χ1) is 9.88. The summed E-state index contributed by atoms with van der Waals surface area (Å²) in [7, 11) is 0. The van der Waals surface area contributed by atoms with Crippen LogP contribution in [-0.2, 0) is 13.0 Å². The third-order valence-corrected chi connectivity index (χ3v) is 4.03. The number of nitrogens with zero attached hydrogens (tertiary/aromatic N) is 2. The number of rotatable bonds is 8. The summed E-state index contributed by atoms with van der Waals surface area (Å²) >= 11 is 0. The molecular weight excluding hydrogens is 246 g/mol. The molecule has 0 bridgehead atoms. The Morgan fingerprint density at radius 2 is 2.10 bits per heavy atom. The van der Waals surface area contributed by atoms with Crippen molar-refractivity contribution in [2.75, 3.05) is 6.54 Å². The van der Waals surface area contributed by atoms with Crippen LogP contribution >= 0.6 is 0 Å². The standard InChI is InChI=1S/C17H25N3/c1-2-7-17-19-15-8-3-4-9-16(15)20(17)13-6-5-12-18-14-10-11-14/h3-4,8-9,14,18H,2,5-7,10-13H2,1H3. The van der Waals surface area contributed by atoms with Crippen molar-refractivity contribution in [2.45, 2.75) is 58.0 Å². The van der Waals surface area contributed by atoms with Crippen molar-refractivity contribution >= 4 is 11.0 Å². The van der Waals surface area contributed by atoms with Crippen LogP contribution in [0.3, 0.4) is 0 Å². The molecule has 1 heterocycles. The second-order valence-corrected chi connectivity index (χ2v) is 5.85. The number of imidazole rings is 1. The molecule has 0 amide bonds. The maximum absolute atomic E-state index is 4.79. The van der Waals surface area contributed by atoms with E-state index in [9.17, 15) is 0 Å². The lowest BCUT2D eigenvalue weighted by molar-refractivity contribution is 0.559. The smallest absolute Gasteiger partial charge is 0.109 e. The number of para-hydroxylation sites is 2. The topological polar surface area (TPSA) is 29.9 Å². The van der Waals surface area contributed by atoms with Crippen molar-refractivity contribution in [1.82, 2.24) is 14.9 Å². The molecule has 1 fully saturated rings. The van der Waals surface area contributed by atoms with Gasteiger partial charge in [0.05, 0.1) is 11.0 Å². The van der Waals surface area contributed by atoms with E-state index in [1.807, 2.05) is 0 Å². The highest BCUT2D eigenvalue weighted by Crippen LogP contribution is 2.19. The zero-order valence-electron chi connectivity index (χ0n) is 12.4. The maximum atomic E-state index is 4.79. The summed E-state index contributed by atoms with van der Waals surface area (Å²) in [5.41, 5.74) is 2.44. The number of hydrogen-bond donors (Lipinski definition) is 1. The van der Waals surface area contributed by atoms with E-state index in [1.165, 1.54) is 43.6 Å². The van der Waals surface area contributed by atoms with E-state index in [-0.39, 0.29) is 0 Å². The number of aryl methyl sites for hydroxylation is 2. The van der Waals surface area contributed by atoms with Crippen LogP contribution in [0.1, 0.15) is 44.9 Å². The molecule has 0 spiro atoms. The van der Waals surface area contributed by atoms with Crippen LogP contribution in [0.2, 0.25) is 0 Å². The number of benzene rings is 1. The maximum Gasteiger partial charge on any atom is 0.109 e. The summed E-state index contributed by atoms with van der Waals surface area (Å²) in [6, 6.07) is 9.35. The molecule has 3 nitrogen and oxygen atoms in total. The number of nitrogens with one attached hydrogen (secondary N) is 1. The van der Waals surface area contributed by atoms with E-state index in [4.69, 9.17) is 4.98 Å². The fraction of sp³-hybridized carbons (Fsp3) is 0.588. The molecule has 20 heavy (non-hydrogen) atoms. The van der Waals surface area contributed by atoms with Gasteiger partial charge < -0.3 is 9.88 Å². The van der Waals surface area contributed by atoms with Gasteiger partial charge in [-0.05, 0) is 50.8 Å². The van der Waals surface area contributed by atoms with Crippen LogP contribution in [0.5, 0.6) is 0 Å². The number of unbranched alkanes of at least 4 members (excludes halogenated alkanes) is 1. The Bertz CT molecular complexity index is 554. The van der Waals surface area contributed by atoms with E-state index < -0.39 is 0 Å². The van der Waals surface area contributed by atoms with Crippen LogP contribution in [0.4, 0.5) is 0 Å². The largest absolute Gasteiger partial charge is 0.328 e. The summed E-state index contributed by atoms with van der Waals surface area (Å²) in [6.07, 6.45) is 7.49. The summed E-state index contributed by atoms with van der Waals surface area (Å²) in [4.78, 5) is 4.79. The minimum absolute atomic E-state index is 0.833. The molecule has 1 aliphatic rings. The highest BCUT2D eigenvalue weighted by Gasteiger charge is 2.19. The van der Waals surface area contributed by atoms with E-state index in [2.05, 4.69) is 41.1 Å². The fourth-order valence-electron chi connectivity index (χ4n) is 2.78. The van der Waals surface area contributed by atoms with Crippen molar-refractivity contribution in [2.24, 2.45) is 0 Å². The molecule has 0 atom stereocenters. The van der Waals surface area contributed by atoms with Gasteiger partial charge in [-0.15, -0.1) is 0 Å². The predicted octanol–water partition coefficient (Wildman–Crippen LogP) is 3.52. The Balaban J connectivity index is 1.63. The summed E-state index contributed by atoms with van der Waals surface area (Å²) < 4.78 is 2.43. The van der Waals surface area contributed by atoms with Gasteiger partial charge in [-0.2, -0.15) is 0 Å². The highest BCUT2D eigenvalue weighted by atomic mass is 15.1. The molecule has 1 aromatic heterocycles. The van der Waals surface area contributed by atoms with Gasteiger partial charge in [-0.25, -0.2) is 4.98 Å². The minimum Gasteiger partial charge on any atom is -0.328 e. The van der Waals surface area contributed by atoms with Crippen molar-refractivity contribution < 1.29 is 0 Å². The third kappa shape index (κ3) is 3.21. The molecule has 3 rings (SSSR count). The quantitative estimate of drug-likeness (QED) is 0.744. The Labute approximate surface area is 121 Å². The molecule has 1 saturated carbocycles. The van der Waals surface area contributed by atoms with Gasteiger partial charge in [-0.1, -0.05) is 19.1 Å². The molecule has 2 aromatic rings. The first kappa shape index (κ1) is 13.6. The molecule has 1 aliphatic carbocycles. The van der Waals surface area contributed by atoms with Gasteiger partial charge in [0, 0.05) is 19.0 Å². The van der Waals surface area contributed by atoms with E-state index >= 15 is 0 Å². The van der Waals surface area contributed by atoms with Gasteiger partial charge in [0.1, 0.15) is 5.82 Å². The molecule has 0 aliphatic heterocycles. The van der Waals surface area contributed by atoms with Crippen molar-refractivity contribution in [3.8, 4) is 0 Å². The summed E-state index contributed by atoms with van der Waals surface area (Å²) in [5.74, 6) is 1.25. The number of fused-ring (bicyclic) bond motifs is 1. The molecule has 0 saturated heterocycles. The van der Waals surface area contributed by atoms with Crippen LogP contribution in [0.15, 0.2) is 24.3 Å². The monoisotopic (exact) mass is 271 g/mol. The van der Waals surface area contributed by atoms with Crippen molar-refractivity contribution in [3.63, 3.8) is 0 Å². The lowest BCUT2D eigenvalue weighted by Gasteiger charge is -2.09. The minimum atomic E-state index is 0.833. The van der Waals surface area contributed by atoms with Gasteiger partial charge in [0.25, 0.3) is 0 Å². The van der Waals surface area contributed by atoms with Crippen molar-refractivity contribution in [3.05, 3.63) is 30.1 Å². The van der Waals surface area contributed by atoms with Crippen LogP contribution in [0.25, 0.3) is 11.0 Å². The van der Waals surface area contributed by atoms with Gasteiger partial charge >= 0.3 is 0 Å². The summed E-state index contributed by atoms with van der Waals surface area (Å²) in [6.45, 7) is 4.49. The van der Waals surface area contributed by atoms with Crippen LogP contribution in [-0.4, -0.2) is 22.1 Å². The zero-order chi connectivity index (χ0) is 13.8. The Morgan fingerprint density at radius 1 is 1.25 bits per heavy atom. The van der Waals surface area contributed by atoms with Gasteiger partial charge in [0.2, 0.25) is 0 Å². The Kier molecular flexibility index (Phi) is 4.36. The average molecular weight is 271 g/mol. The lowest BCUT2D eigenvalue weighted by Crippen LogP contribution is -2.18. The molecule has 1 N–H and O–H groups in total. The van der Waals surface area contributed by atoms with E-state index in [0.29, 0.717) is 0 Å². The first-order valence-electron chi connectivity index (χ1n) is 8.06. The second kappa shape index (κ2) is 6.40. The van der Waals surface area contributed by atoms with Gasteiger partial charge in [0.15, 0.2) is 0 Å². The average Bonchev–Trinajstić information content (AvgIpc) is 3.22. The van der Waals surface area contributed by atoms with E-state index in [0.717, 1.165) is 30.9 Å². The SMILES string of the molecule is CCCc1nc2ccccc2n1CCCCNC1CC1. The first-order valence-corrected chi connectivity index (χ1v) is 8.06. The van der Waals surface area contributed by atoms with Crippen LogP contribution < -0.4 is 5.32 Å². The molecule has 0 radical (unpaired) electrons. The highest BCUT2D eigenvalue weighted by molar-refractivity contribution is 5.75. The Morgan fingerprint density at radius 3 is 2.90 bits per heavy atom. The van der Waals surface area contributed by atoms with Crippen LogP contribution in [0, 0.1) is 0 Å². The number of aromatic nitrogens is 2. The van der Waals surface area contributed by atoms with E-state index in [1.54, 1.807) is 0 Å². The Hall–Kier alpha value is -1.35. The molecule has 1 aromatic carbocycles.